The van der Waals surface area contributed by atoms with Gasteiger partial charge in [0.05, 0.1) is 36.6 Å². The molecule has 0 saturated carbocycles. The molecule has 1 aliphatic rings. The highest BCUT2D eigenvalue weighted by Crippen LogP contribution is 2.36. The van der Waals surface area contributed by atoms with E-state index in [4.69, 9.17) is 10.1 Å². The molecule has 0 amide bonds. The Labute approximate surface area is 197 Å². The van der Waals surface area contributed by atoms with E-state index in [1.807, 2.05) is 48.5 Å². The first kappa shape index (κ1) is 22.2. The fourth-order valence-corrected chi connectivity index (χ4v) is 5.31. The number of nitrogens with zero attached hydrogens (tertiary/aromatic N) is 6. The Morgan fingerprint density at radius 3 is 2.68 bits per heavy atom. The lowest BCUT2D eigenvalue weighted by Crippen LogP contribution is -2.63. The smallest absolute Gasteiger partial charge is 0.211 e. The summed E-state index contributed by atoms with van der Waals surface area (Å²) in [6, 6.07) is 17.1. The van der Waals surface area contributed by atoms with E-state index in [1.54, 1.807) is 17.1 Å². The topological polar surface area (TPSA) is 125 Å². The number of aromatic nitrogens is 4. The van der Waals surface area contributed by atoms with Gasteiger partial charge < -0.3 is 5.11 Å². The molecular weight excluding hydrogens is 452 g/mol. The van der Waals surface area contributed by atoms with Gasteiger partial charge in [-0.3, -0.25) is 9.67 Å². The van der Waals surface area contributed by atoms with Crippen LogP contribution >= 0.6 is 0 Å². The van der Waals surface area contributed by atoms with E-state index in [9.17, 15) is 18.8 Å². The van der Waals surface area contributed by atoms with Crippen LogP contribution in [0.1, 0.15) is 12.0 Å². The van der Waals surface area contributed by atoms with Gasteiger partial charge in [0.2, 0.25) is 10.0 Å². The van der Waals surface area contributed by atoms with Gasteiger partial charge in [0.15, 0.2) is 0 Å². The van der Waals surface area contributed by atoms with Crippen molar-refractivity contribution < 1.29 is 13.5 Å². The van der Waals surface area contributed by atoms with Crippen LogP contribution in [0.3, 0.4) is 0 Å². The number of benzene rings is 1. The van der Waals surface area contributed by atoms with Crippen LogP contribution in [0.5, 0.6) is 0 Å². The van der Waals surface area contributed by atoms with Crippen LogP contribution in [0, 0.1) is 11.3 Å². The highest BCUT2D eigenvalue weighted by Gasteiger charge is 2.49. The van der Waals surface area contributed by atoms with Crippen LogP contribution < -0.4 is 0 Å². The molecule has 1 N–H and O–H groups in total. The maximum absolute atomic E-state index is 11.9. The van der Waals surface area contributed by atoms with Gasteiger partial charge in [-0.1, -0.05) is 24.3 Å². The first-order valence-corrected chi connectivity index (χ1v) is 12.5. The molecule has 34 heavy (non-hydrogen) atoms. The minimum atomic E-state index is -3.34. The van der Waals surface area contributed by atoms with Gasteiger partial charge in [-0.2, -0.15) is 14.7 Å². The van der Waals surface area contributed by atoms with E-state index in [0.29, 0.717) is 17.1 Å². The predicted octanol–water partition coefficient (Wildman–Crippen LogP) is 2.54. The van der Waals surface area contributed by atoms with Crippen molar-refractivity contribution in [2.24, 2.45) is 0 Å². The molecule has 3 aromatic heterocycles. The molecular formula is C24H22N6O3S. The van der Waals surface area contributed by atoms with Gasteiger partial charge >= 0.3 is 0 Å². The van der Waals surface area contributed by atoms with Crippen LogP contribution in [-0.2, 0) is 22.2 Å². The van der Waals surface area contributed by atoms with Crippen molar-refractivity contribution in [1.29, 1.82) is 5.26 Å². The molecule has 1 aromatic carbocycles. The number of nitriles is 1. The van der Waals surface area contributed by atoms with Gasteiger partial charge in [0.25, 0.3) is 0 Å². The van der Waals surface area contributed by atoms with Crippen LogP contribution in [-0.4, -0.2) is 56.9 Å². The van der Waals surface area contributed by atoms with Crippen LogP contribution in [0.15, 0.2) is 60.9 Å². The maximum atomic E-state index is 11.9. The number of aliphatic hydroxyl groups excluding tert-OH is 1. The Morgan fingerprint density at radius 1 is 1.15 bits per heavy atom. The zero-order valence-electron chi connectivity index (χ0n) is 18.5. The number of rotatable bonds is 6. The molecule has 9 nitrogen and oxygen atoms in total. The average molecular weight is 475 g/mol. The van der Waals surface area contributed by atoms with Crippen molar-refractivity contribution in [3.63, 3.8) is 0 Å². The van der Waals surface area contributed by atoms with Crippen molar-refractivity contribution in [2.75, 3.05) is 19.3 Å². The minimum Gasteiger partial charge on any atom is -0.392 e. The Kier molecular flexibility index (Phi) is 5.40. The van der Waals surface area contributed by atoms with Crippen molar-refractivity contribution >= 4 is 20.9 Å². The molecule has 0 bridgehead atoms. The number of pyridine rings is 2. The SMILES string of the molecule is CS(=O)(=O)N1CC(CC#N)(n2ccc(-c3nc(-c4ccccc4CO)cc4ncccc34)n2)C1. The first-order chi connectivity index (χ1) is 16.3. The van der Waals surface area contributed by atoms with Crippen molar-refractivity contribution in [3.05, 3.63) is 66.5 Å². The highest BCUT2D eigenvalue weighted by molar-refractivity contribution is 7.88. The maximum Gasteiger partial charge on any atom is 0.211 e. The predicted molar refractivity (Wildman–Crippen MR) is 127 cm³/mol. The zero-order chi connectivity index (χ0) is 23.9. The lowest BCUT2D eigenvalue weighted by molar-refractivity contribution is 0.0726. The molecule has 0 unspecified atom stereocenters. The van der Waals surface area contributed by atoms with Gasteiger partial charge in [-0.15, -0.1) is 0 Å². The van der Waals surface area contributed by atoms with Gasteiger partial charge in [0.1, 0.15) is 16.9 Å². The summed E-state index contributed by atoms with van der Waals surface area (Å²) >= 11 is 0. The van der Waals surface area contributed by atoms with E-state index >= 15 is 0 Å². The average Bonchev–Trinajstić information content (AvgIpc) is 3.30. The third-order valence-electron chi connectivity index (χ3n) is 6.20. The monoisotopic (exact) mass is 474 g/mol. The molecule has 0 atom stereocenters. The van der Waals surface area contributed by atoms with Crippen molar-refractivity contribution in [3.8, 4) is 28.7 Å². The van der Waals surface area contributed by atoms with Crippen molar-refractivity contribution in [1.82, 2.24) is 24.1 Å². The molecule has 0 spiro atoms. The second kappa shape index (κ2) is 8.29. The number of hydrogen-bond acceptors (Lipinski definition) is 7. The third-order valence-corrected chi connectivity index (χ3v) is 7.40. The standard InChI is InChI=1S/C24H22N6O3S/c1-34(32,33)29-15-24(16-29,9-10-25)30-12-8-20(28-30)23-19-7-4-11-26-21(19)13-22(27-23)18-6-3-2-5-17(18)14-31/h2-8,11-13,31H,9,14-16H2,1H3. The quantitative estimate of drug-likeness (QED) is 0.455. The first-order valence-electron chi connectivity index (χ1n) is 10.7. The second-order valence-corrected chi connectivity index (χ2v) is 10.5. The Hall–Kier alpha value is -3.65. The summed E-state index contributed by atoms with van der Waals surface area (Å²) < 4.78 is 26.9. The summed E-state index contributed by atoms with van der Waals surface area (Å²) in [6.07, 6.45) is 4.78. The summed E-state index contributed by atoms with van der Waals surface area (Å²) in [7, 11) is -3.34. The Morgan fingerprint density at radius 2 is 1.94 bits per heavy atom. The number of sulfonamides is 1. The van der Waals surface area contributed by atoms with E-state index in [0.717, 1.165) is 28.3 Å². The molecule has 4 heterocycles. The minimum absolute atomic E-state index is 0.115. The molecule has 5 rings (SSSR count). The van der Waals surface area contributed by atoms with Gasteiger partial charge in [0, 0.05) is 36.4 Å². The Bertz CT molecular complexity index is 1530. The summed E-state index contributed by atoms with van der Waals surface area (Å²) in [5, 5.41) is 24.8. The van der Waals surface area contributed by atoms with Gasteiger partial charge in [-0.05, 0) is 29.8 Å². The van der Waals surface area contributed by atoms with E-state index < -0.39 is 15.6 Å². The molecule has 4 aromatic rings. The lowest BCUT2D eigenvalue weighted by Gasteiger charge is -2.47. The van der Waals surface area contributed by atoms with Crippen LogP contribution in [0.25, 0.3) is 33.5 Å². The largest absolute Gasteiger partial charge is 0.392 e. The molecule has 1 aliphatic heterocycles. The van der Waals surface area contributed by atoms with Crippen LogP contribution in [0.4, 0.5) is 0 Å². The molecule has 1 saturated heterocycles. The Balaban J connectivity index is 1.61. The zero-order valence-corrected chi connectivity index (χ0v) is 19.3. The third kappa shape index (κ3) is 3.74. The van der Waals surface area contributed by atoms with Crippen LogP contribution in [0.2, 0.25) is 0 Å². The fraction of sp³-hybridized carbons (Fsp3) is 0.250. The van der Waals surface area contributed by atoms with E-state index in [1.165, 1.54) is 4.31 Å². The molecule has 1 fully saturated rings. The second-order valence-electron chi connectivity index (χ2n) is 8.48. The normalized spacial score (nSPS) is 15.7. The van der Waals surface area contributed by atoms with E-state index in [2.05, 4.69) is 11.1 Å². The summed E-state index contributed by atoms with van der Waals surface area (Å²) in [5.74, 6) is 0. The number of fused-ring (bicyclic) bond motifs is 1. The van der Waals surface area contributed by atoms with Crippen molar-refractivity contribution in [2.45, 2.75) is 18.6 Å². The number of aliphatic hydroxyl groups is 1. The fourth-order valence-electron chi connectivity index (χ4n) is 4.36. The molecule has 10 heteroatoms. The molecule has 0 radical (unpaired) electrons. The van der Waals surface area contributed by atoms with Gasteiger partial charge in [-0.25, -0.2) is 13.4 Å². The summed E-state index contributed by atoms with van der Waals surface area (Å²) in [5.41, 5.74) is 3.47. The number of hydrogen-bond donors (Lipinski definition) is 1. The lowest BCUT2D eigenvalue weighted by atomic mass is 9.89. The van der Waals surface area contributed by atoms with E-state index in [-0.39, 0.29) is 26.1 Å². The summed E-state index contributed by atoms with van der Waals surface area (Å²) in [4.78, 5) is 9.40. The summed E-state index contributed by atoms with van der Waals surface area (Å²) in [6.45, 7) is 0.274. The highest BCUT2D eigenvalue weighted by atomic mass is 32.2. The molecule has 172 valence electrons. The molecule has 0 aliphatic carbocycles.